The normalized spacial score (nSPS) is 11.8. The topological polar surface area (TPSA) is 50.7 Å². The van der Waals surface area contributed by atoms with E-state index >= 15 is 0 Å². The van der Waals surface area contributed by atoms with Crippen LogP contribution >= 0.6 is 12.4 Å². The second-order valence-electron chi connectivity index (χ2n) is 4.56. The molecule has 0 aromatic carbocycles. The maximum absolute atomic E-state index is 12.5. The van der Waals surface area contributed by atoms with Crippen LogP contribution in [0.2, 0.25) is 0 Å². The standard InChI is InChI=1S/C13H10F6N4.ClH/c1-20-9-2-10(21-4-7(9)3-12(14,15)16)8-5-22-11(23-6-8)13(17,18)19;/h2,4-6H,3H2,1H3,(H,20,21);1H. The summed E-state index contributed by atoms with van der Waals surface area (Å²) < 4.78 is 74.5. The molecule has 2 heterocycles. The van der Waals surface area contributed by atoms with Gasteiger partial charge in [0.2, 0.25) is 5.82 Å². The molecule has 0 aliphatic carbocycles. The number of anilines is 1. The van der Waals surface area contributed by atoms with Crippen LogP contribution in [-0.4, -0.2) is 28.2 Å². The Morgan fingerprint density at radius 2 is 1.54 bits per heavy atom. The highest BCUT2D eigenvalue weighted by atomic mass is 35.5. The molecule has 0 unspecified atom stereocenters. The predicted molar refractivity (Wildman–Crippen MR) is 76.8 cm³/mol. The molecule has 11 heteroatoms. The summed E-state index contributed by atoms with van der Waals surface area (Å²) in [6, 6.07) is 1.30. The van der Waals surface area contributed by atoms with Crippen molar-refractivity contribution in [2.24, 2.45) is 0 Å². The van der Waals surface area contributed by atoms with Crippen LogP contribution in [0.25, 0.3) is 11.3 Å². The number of halogens is 7. The minimum absolute atomic E-state index is 0. The largest absolute Gasteiger partial charge is 0.451 e. The average molecular weight is 373 g/mol. The van der Waals surface area contributed by atoms with E-state index < -0.39 is 24.6 Å². The van der Waals surface area contributed by atoms with Gasteiger partial charge in [-0.2, -0.15) is 26.3 Å². The third kappa shape index (κ3) is 4.95. The lowest BCUT2D eigenvalue weighted by molar-refractivity contribution is -0.145. The first-order chi connectivity index (χ1) is 10.6. The van der Waals surface area contributed by atoms with Crippen LogP contribution in [0.3, 0.4) is 0 Å². The first-order valence-corrected chi connectivity index (χ1v) is 6.23. The van der Waals surface area contributed by atoms with Crippen LogP contribution in [0.15, 0.2) is 24.7 Å². The number of hydrogen-bond donors (Lipinski definition) is 1. The van der Waals surface area contributed by atoms with E-state index in [0.717, 1.165) is 18.6 Å². The van der Waals surface area contributed by atoms with Gasteiger partial charge in [-0.15, -0.1) is 12.4 Å². The lowest BCUT2D eigenvalue weighted by Gasteiger charge is -2.12. The van der Waals surface area contributed by atoms with E-state index in [1.165, 1.54) is 13.1 Å². The second-order valence-corrected chi connectivity index (χ2v) is 4.56. The number of alkyl halides is 6. The molecule has 0 aliphatic rings. The number of aromatic nitrogens is 3. The van der Waals surface area contributed by atoms with E-state index in [-0.39, 0.29) is 34.9 Å². The monoisotopic (exact) mass is 372 g/mol. The summed E-state index contributed by atoms with van der Waals surface area (Å²) in [6.07, 6.45) is -7.38. The van der Waals surface area contributed by atoms with Crippen molar-refractivity contribution < 1.29 is 26.3 Å². The molecule has 132 valence electrons. The van der Waals surface area contributed by atoms with Crippen molar-refractivity contribution in [1.82, 2.24) is 15.0 Å². The van der Waals surface area contributed by atoms with Crippen LogP contribution < -0.4 is 5.32 Å². The molecule has 2 aromatic rings. The zero-order chi connectivity index (χ0) is 17.3. The molecule has 0 amide bonds. The van der Waals surface area contributed by atoms with Crippen LogP contribution in [0, 0.1) is 0 Å². The molecule has 24 heavy (non-hydrogen) atoms. The average Bonchev–Trinajstić information content (AvgIpc) is 2.45. The highest BCUT2D eigenvalue weighted by Gasteiger charge is 2.34. The highest BCUT2D eigenvalue weighted by molar-refractivity contribution is 5.85. The second kappa shape index (κ2) is 7.20. The SMILES string of the molecule is CNc1cc(-c2cnc(C(F)(F)F)nc2)ncc1CC(F)(F)F.Cl. The van der Waals surface area contributed by atoms with Gasteiger partial charge in [-0.1, -0.05) is 0 Å². The maximum atomic E-state index is 12.5. The van der Waals surface area contributed by atoms with Crippen LogP contribution in [0.1, 0.15) is 11.4 Å². The Hall–Kier alpha value is -2.10. The van der Waals surface area contributed by atoms with Crippen molar-refractivity contribution in [3.05, 3.63) is 36.0 Å². The number of rotatable bonds is 3. The molecule has 0 saturated heterocycles. The zero-order valence-electron chi connectivity index (χ0n) is 12.0. The summed E-state index contributed by atoms with van der Waals surface area (Å²) in [5, 5.41) is 2.60. The van der Waals surface area contributed by atoms with Gasteiger partial charge in [0.05, 0.1) is 12.1 Å². The van der Waals surface area contributed by atoms with Crippen molar-refractivity contribution in [1.29, 1.82) is 0 Å². The molecule has 0 aliphatic heterocycles. The fourth-order valence-electron chi connectivity index (χ4n) is 1.84. The van der Waals surface area contributed by atoms with E-state index in [4.69, 9.17) is 0 Å². The summed E-state index contributed by atoms with van der Waals surface area (Å²) >= 11 is 0. The molecule has 0 saturated carbocycles. The van der Waals surface area contributed by atoms with Gasteiger partial charge in [-0.3, -0.25) is 4.98 Å². The van der Waals surface area contributed by atoms with Crippen LogP contribution in [0.5, 0.6) is 0 Å². The van der Waals surface area contributed by atoms with E-state index in [0.29, 0.717) is 0 Å². The van der Waals surface area contributed by atoms with Gasteiger partial charge >= 0.3 is 12.4 Å². The quantitative estimate of drug-likeness (QED) is 0.823. The van der Waals surface area contributed by atoms with Gasteiger partial charge in [-0.25, -0.2) is 9.97 Å². The molecule has 0 bridgehead atoms. The van der Waals surface area contributed by atoms with Gasteiger partial charge < -0.3 is 5.32 Å². The smallest absolute Gasteiger partial charge is 0.388 e. The number of hydrogen-bond acceptors (Lipinski definition) is 4. The Morgan fingerprint density at radius 3 is 2.00 bits per heavy atom. The van der Waals surface area contributed by atoms with Crippen LogP contribution in [0.4, 0.5) is 32.0 Å². The first-order valence-electron chi connectivity index (χ1n) is 6.23. The van der Waals surface area contributed by atoms with Crippen molar-refractivity contribution in [3.63, 3.8) is 0 Å². The summed E-state index contributed by atoms with van der Waals surface area (Å²) in [5.74, 6) is -1.30. The highest BCUT2D eigenvalue weighted by Crippen LogP contribution is 2.29. The summed E-state index contributed by atoms with van der Waals surface area (Å²) in [5.41, 5.74) is 0.422. The van der Waals surface area contributed by atoms with Gasteiger partial charge in [0.1, 0.15) is 0 Å². The van der Waals surface area contributed by atoms with E-state index in [1.807, 2.05) is 0 Å². The molecule has 1 N–H and O–H groups in total. The molecule has 0 spiro atoms. The Kier molecular flexibility index (Phi) is 5.99. The summed E-state index contributed by atoms with van der Waals surface area (Å²) in [4.78, 5) is 10.2. The van der Waals surface area contributed by atoms with Gasteiger partial charge in [0, 0.05) is 42.5 Å². The molecule has 0 atom stereocenters. The molecule has 4 nitrogen and oxygen atoms in total. The van der Waals surface area contributed by atoms with E-state index in [9.17, 15) is 26.3 Å². The van der Waals surface area contributed by atoms with Gasteiger partial charge in [0.15, 0.2) is 0 Å². The number of pyridine rings is 1. The Bertz CT molecular complexity index is 684. The van der Waals surface area contributed by atoms with Crippen LogP contribution in [-0.2, 0) is 12.6 Å². The molecule has 2 aromatic heterocycles. The third-order valence-corrected chi connectivity index (χ3v) is 2.85. The Labute approximate surface area is 138 Å². The minimum atomic E-state index is -4.67. The van der Waals surface area contributed by atoms with Gasteiger partial charge in [-0.05, 0) is 6.07 Å². The fraction of sp³-hybridized carbons (Fsp3) is 0.308. The lowest BCUT2D eigenvalue weighted by atomic mass is 10.1. The number of nitrogens with one attached hydrogen (secondary N) is 1. The van der Waals surface area contributed by atoms with Crippen molar-refractivity contribution in [2.75, 3.05) is 12.4 Å². The molecule has 0 fully saturated rings. The maximum Gasteiger partial charge on any atom is 0.451 e. The summed E-state index contributed by atoms with van der Waals surface area (Å²) in [6.45, 7) is 0. The Balaban J connectivity index is 0.00000288. The zero-order valence-corrected chi connectivity index (χ0v) is 12.9. The molecular weight excluding hydrogens is 362 g/mol. The van der Waals surface area contributed by atoms with Crippen molar-refractivity contribution in [2.45, 2.75) is 18.8 Å². The van der Waals surface area contributed by atoms with Crippen molar-refractivity contribution in [3.8, 4) is 11.3 Å². The van der Waals surface area contributed by atoms with E-state index in [2.05, 4.69) is 20.3 Å². The molecule has 2 rings (SSSR count). The molecule has 0 radical (unpaired) electrons. The lowest BCUT2D eigenvalue weighted by Crippen LogP contribution is -2.13. The summed E-state index contributed by atoms with van der Waals surface area (Å²) in [7, 11) is 1.43. The third-order valence-electron chi connectivity index (χ3n) is 2.85. The first kappa shape index (κ1) is 19.9. The van der Waals surface area contributed by atoms with Crippen molar-refractivity contribution >= 4 is 18.1 Å². The van der Waals surface area contributed by atoms with Gasteiger partial charge in [0.25, 0.3) is 0 Å². The number of nitrogens with zero attached hydrogens (tertiary/aromatic N) is 3. The fourth-order valence-corrected chi connectivity index (χ4v) is 1.84. The Morgan fingerprint density at radius 1 is 0.958 bits per heavy atom. The predicted octanol–water partition coefficient (Wildman–Crippen LogP) is 4.13. The molecular formula is C13H11ClF6N4. The minimum Gasteiger partial charge on any atom is -0.388 e. The van der Waals surface area contributed by atoms with E-state index in [1.54, 1.807) is 0 Å².